The van der Waals surface area contributed by atoms with E-state index in [1.807, 2.05) is 36.4 Å². The molecule has 0 bridgehead atoms. The van der Waals surface area contributed by atoms with Gasteiger partial charge in [0.25, 0.3) is 0 Å². The molecule has 0 aromatic heterocycles. The zero-order valence-corrected chi connectivity index (χ0v) is 36.3. The van der Waals surface area contributed by atoms with Gasteiger partial charge in [-0.3, -0.25) is 28.8 Å². The van der Waals surface area contributed by atoms with Crippen LogP contribution in [0.2, 0.25) is 0 Å². The maximum absolute atomic E-state index is 14.1. The van der Waals surface area contributed by atoms with E-state index in [0.29, 0.717) is 76.3 Å². The average molecular weight is 855 g/mol. The minimum Gasteiger partial charge on any atom is -0.492 e. The first-order chi connectivity index (χ1) is 30.0. The molecule has 6 N–H and O–H groups in total. The third-order valence-electron chi connectivity index (χ3n) is 13.7. The van der Waals surface area contributed by atoms with E-state index in [1.165, 1.54) is 0 Å². The van der Waals surface area contributed by atoms with Crippen LogP contribution in [0.4, 0.5) is 0 Å². The van der Waals surface area contributed by atoms with Gasteiger partial charge in [0.05, 0.1) is 37.4 Å². The summed E-state index contributed by atoms with van der Waals surface area (Å²) in [6.07, 6.45) is 7.04. The molecule has 1 unspecified atom stereocenters. The molecule has 2 aromatic carbocycles. The van der Waals surface area contributed by atoms with Crippen LogP contribution in [0.1, 0.15) is 101 Å². The molecule has 334 valence electrons. The number of likely N-dealkylation sites (tertiary alicyclic amines) is 2. The lowest BCUT2D eigenvalue weighted by Crippen LogP contribution is -2.56. The molecule has 4 fully saturated rings. The number of nitrogens with zero attached hydrogens (tertiary/aromatic N) is 2. The topological polar surface area (TPSA) is 200 Å². The van der Waals surface area contributed by atoms with Crippen LogP contribution in [0.15, 0.2) is 36.4 Å². The zero-order chi connectivity index (χ0) is 43.7. The standard InChI is InChI=1S/C46H62N8O8/c1-25(47-3)41(55)51-37(27-15-16-27)45(59)53-21-7-13-35(53)43(57)49-33-19-23-61-39-29(9-5-11-31(33)39)30-10-6-12-32-34(20-24-62-40(30)32)50-44(58)36-14-8-22-54(36)46(60)38(28-17-18-28)52-42(56)26(2)48-4/h5-6,9-12,25-28,33-38,47-48H,7-8,13-24H2,1-4H3,(H,49,57)(H,50,58)(H,51,55)(H,52,56)/t25-,26-,33+,34+,35-,36-,37-,38?/m0/s1. The number of hydrogen-bond acceptors (Lipinski definition) is 10. The van der Waals surface area contributed by atoms with Crippen molar-refractivity contribution in [2.45, 2.75) is 126 Å². The third kappa shape index (κ3) is 8.99. The van der Waals surface area contributed by atoms with Gasteiger partial charge in [-0.05, 0) is 91.1 Å². The largest absolute Gasteiger partial charge is 0.492 e. The number of ether oxygens (including phenoxy) is 2. The van der Waals surface area contributed by atoms with Crippen molar-refractivity contribution in [2.75, 3.05) is 40.4 Å². The van der Waals surface area contributed by atoms with Crippen LogP contribution in [0.5, 0.6) is 11.5 Å². The summed E-state index contributed by atoms with van der Waals surface area (Å²) in [5.74, 6) is 0.132. The first kappa shape index (κ1) is 43.4. The number of likely N-dealkylation sites (N-methyl/N-ethyl adjacent to an activating group) is 2. The van der Waals surface area contributed by atoms with E-state index >= 15 is 0 Å². The van der Waals surface area contributed by atoms with Crippen LogP contribution >= 0.6 is 0 Å². The zero-order valence-electron chi connectivity index (χ0n) is 36.3. The lowest BCUT2D eigenvalue weighted by atomic mass is 9.90. The van der Waals surface area contributed by atoms with Gasteiger partial charge in [-0.1, -0.05) is 36.4 Å². The first-order valence-electron chi connectivity index (χ1n) is 22.7. The number of carbonyl (C=O) groups excluding carboxylic acids is 6. The van der Waals surface area contributed by atoms with Crippen molar-refractivity contribution < 1.29 is 38.2 Å². The van der Waals surface area contributed by atoms with Crippen molar-refractivity contribution in [1.82, 2.24) is 41.7 Å². The number of fused-ring (bicyclic) bond motifs is 2. The van der Waals surface area contributed by atoms with E-state index in [1.54, 1.807) is 37.7 Å². The molecule has 2 saturated carbocycles. The highest BCUT2D eigenvalue weighted by Gasteiger charge is 2.46. The maximum Gasteiger partial charge on any atom is 0.246 e. The second-order valence-corrected chi connectivity index (χ2v) is 17.9. The Bertz CT molecular complexity index is 1910. The third-order valence-corrected chi connectivity index (χ3v) is 13.7. The first-order valence-corrected chi connectivity index (χ1v) is 22.7. The van der Waals surface area contributed by atoms with Crippen LogP contribution < -0.4 is 41.4 Å². The van der Waals surface area contributed by atoms with E-state index in [-0.39, 0.29) is 59.4 Å². The molecule has 4 heterocycles. The Morgan fingerprint density at radius 2 is 0.984 bits per heavy atom. The summed E-state index contributed by atoms with van der Waals surface area (Å²) in [4.78, 5) is 84.8. The quantitative estimate of drug-likeness (QED) is 0.155. The molecule has 8 atom stereocenters. The Labute approximate surface area is 363 Å². The molecule has 6 amide bonds. The van der Waals surface area contributed by atoms with Gasteiger partial charge in [-0.15, -0.1) is 0 Å². The molecule has 16 heteroatoms. The van der Waals surface area contributed by atoms with Crippen molar-refractivity contribution in [3.05, 3.63) is 47.5 Å². The van der Waals surface area contributed by atoms with E-state index in [4.69, 9.17) is 9.47 Å². The minimum atomic E-state index is -0.649. The molecule has 62 heavy (non-hydrogen) atoms. The van der Waals surface area contributed by atoms with Gasteiger partial charge in [0.2, 0.25) is 35.4 Å². The molecular formula is C46H62N8O8. The van der Waals surface area contributed by atoms with Crippen molar-refractivity contribution in [3.8, 4) is 22.6 Å². The van der Waals surface area contributed by atoms with E-state index in [2.05, 4.69) is 31.9 Å². The summed E-state index contributed by atoms with van der Waals surface area (Å²) in [5.41, 5.74) is 3.25. The Balaban J connectivity index is 0.962. The fourth-order valence-electron chi connectivity index (χ4n) is 9.51. The molecule has 2 aromatic rings. The van der Waals surface area contributed by atoms with E-state index in [9.17, 15) is 28.8 Å². The highest BCUT2D eigenvalue weighted by Crippen LogP contribution is 2.47. The van der Waals surface area contributed by atoms with Crippen LogP contribution in [-0.4, -0.2) is 122 Å². The van der Waals surface area contributed by atoms with Gasteiger partial charge in [0, 0.05) is 48.2 Å². The lowest BCUT2D eigenvalue weighted by molar-refractivity contribution is -0.142. The molecule has 8 rings (SSSR count). The molecule has 2 aliphatic carbocycles. The minimum absolute atomic E-state index is 0.0760. The molecule has 2 saturated heterocycles. The van der Waals surface area contributed by atoms with Crippen molar-refractivity contribution in [2.24, 2.45) is 11.8 Å². The maximum atomic E-state index is 14.1. The fraction of sp³-hybridized carbons (Fsp3) is 0.609. The number of carbonyl (C=O) groups is 6. The number of rotatable bonds is 15. The van der Waals surface area contributed by atoms with Crippen LogP contribution in [0.3, 0.4) is 0 Å². The lowest BCUT2D eigenvalue weighted by Gasteiger charge is -2.33. The van der Waals surface area contributed by atoms with Gasteiger partial charge in [-0.25, -0.2) is 0 Å². The van der Waals surface area contributed by atoms with Gasteiger partial charge in [-0.2, -0.15) is 0 Å². The number of hydrogen-bond donors (Lipinski definition) is 6. The summed E-state index contributed by atoms with van der Waals surface area (Å²) in [6, 6.07) is 7.55. The summed E-state index contributed by atoms with van der Waals surface area (Å²) in [5, 5.41) is 18.3. The molecule has 0 radical (unpaired) electrons. The molecule has 4 aliphatic heterocycles. The summed E-state index contributed by atoms with van der Waals surface area (Å²) >= 11 is 0. The predicted molar refractivity (Wildman–Crippen MR) is 230 cm³/mol. The Morgan fingerprint density at radius 1 is 0.581 bits per heavy atom. The highest BCUT2D eigenvalue weighted by atomic mass is 16.5. The Kier molecular flexibility index (Phi) is 13.1. The van der Waals surface area contributed by atoms with Gasteiger partial charge >= 0.3 is 0 Å². The van der Waals surface area contributed by atoms with Crippen molar-refractivity contribution in [1.29, 1.82) is 0 Å². The van der Waals surface area contributed by atoms with Gasteiger partial charge in [0.15, 0.2) is 0 Å². The number of para-hydroxylation sites is 2. The van der Waals surface area contributed by atoms with Gasteiger partial charge in [0.1, 0.15) is 35.7 Å². The molecule has 0 spiro atoms. The van der Waals surface area contributed by atoms with Crippen LogP contribution in [0.25, 0.3) is 11.1 Å². The Hall–Kier alpha value is -5.22. The summed E-state index contributed by atoms with van der Waals surface area (Å²) in [6.45, 7) is 5.16. The monoisotopic (exact) mass is 854 g/mol. The van der Waals surface area contributed by atoms with Crippen molar-refractivity contribution >= 4 is 35.4 Å². The second-order valence-electron chi connectivity index (χ2n) is 17.9. The predicted octanol–water partition coefficient (Wildman–Crippen LogP) is 2.22. The van der Waals surface area contributed by atoms with Crippen LogP contribution in [0, 0.1) is 11.8 Å². The number of benzene rings is 2. The molecule has 6 aliphatic rings. The van der Waals surface area contributed by atoms with E-state index in [0.717, 1.165) is 47.9 Å². The van der Waals surface area contributed by atoms with Crippen LogP contribution in [-0.2, 0) is 28.8 Å². The fourth-order valence-corrected chi connectivity index (χ4v) is 9.51. The average Bonchev–Trinajstić information content (AvgIpc) is 4.21. The van der Waals surface area contributed by atoms with E-state index < -0.39 is 36.3 Å². The summed E-state index contributed by atoms with van der Waals surface area (Å²) in [7, 11) is 3.41. The summed E-state index contributed by atoms with van der Waals surface area (Å²) < 4.78 is 12.7. The second kappa shape index (κ2) is 18.6. The Morgan fingerprint density at radius 3 is 1.35 bits per heavy atom. The SMILES string of the molecule is CN[C@@H](C)C(=O)NC(C(=O)N1CCC[C@H]1C(=O)N[C@@H]1CCOc2c(-c3cccc4c3OCC[C@H]4NC(=O)[C@@H]3CCCN3C(=O)[C@@H](NC(=O)[C@H](C)NC)C3CC3)cccc21)C1CC1. The molecular weight excluding hydrogens is 793 g/mol. The van der Waals surface area contributed by atoms with Crippen molar-refractivity contribution in [3.63, 3.8) is 0 Å². The van der Waals surface area contributed by atoms with Gasteiger partial charge < -0.3 is 51.2 Å². The number of nitrogens with one attached hydrogen (secondary N) is 6. The number of amides is 6. The normalized spacial score (nSPS) is 24.8. The highest BCUT2D eigenvalue weighted by molar-refractivity contribution is 5.95. The smallest absolute Gasteiger partial charge is 0.246 e. The molecule has 16 nitrogen and oxygen atoms in total.